The van der Waals surface area contributed by atoms with Gasteiger partial charge in [0.2, 0.25) is 0 Å². The minimum Gasteiger partial charge on any atom is -0.381 e. The number of urea groups is 1. The van der Waals surface area contributed by atoms with Gasteiger partial charge in [0.25, 0.3) is 0 Å². The third kappa shape index (κ3) is 3.97. The lowest BCUT2D eigenvalue weighted by Gasteiger charge is -2.27. The van der Waals surface area contributed by atoms with E-state index in [1.165, 1.54) is 0 Å². The number of carbonyl (C=O) groups excluding carboxylic acids is 1. The first-order chi connectivity index (χ1) is 10.2. The maximum absolute atomic E-state index is 12.5. The predicted octanol–water partition coefficient (Wildman–Crippen LogP) is 1.48. The van der Waals surface area contributed by atoms with E-state index in [1.807, 2.05) is 22.6 Å². The summed E-state index contributed by atoms with van der Waals surface area (Å²) in [5.74, 6) is 0.500. The number of hydrogen-bond donors (Lipinski definition) is 1. The number of rotatable bonds is 6. The first-order valence-electron chi connectivity index (χ1n) is 7.83. The molecule has 0 aromatic carbocycles. The zero-order valence-corrected chi connectivity index (χ0v) is 12.6. The highest BCUT2D eigenvalue weighted by Crippen LogP contribution is 2.29. The Morgan fingerprint density at radius 2 is 2.38 bits per heavy atom. The highest BCUT2D eigenvalue weighted by Gasteiger charge is 2.35. The Morgan fingerprint density at radius 3 is 3.00 bits per heavy atom. The Kier molecular flexibility index (Phi) is 4.43. The molecule has 0 radical (unpaired) electrons. The van der Waals surface area contributed by atoms with Crippen LogP contribution in [0, 0.1) is 5.92 Å². The van der Waals surface area contributed by atoms with Crippen LogP contribution in [0.5, 0.6) is 0 Å². The number of nitrogens with zero attached hydrogens (tertiary/aromatic N) is 3. The van der Waals surface area contributed by atoms with E-state index in [4.69, 9.17) is 4.74 Å². The van der Waals surface area contributed by atoms with E-state index >= 15 is 0 Å². The van der Waals surface area contributed by atoms with E-state index in [0.29, 0.717) is 12.0 Å². The lowest BCUT2D eigenvalue weighted by atomic mass is 10.1. The van der Waals surface area contributed by atoms with Crippen molar-refractivity contribution in [2.75, 3.05) is 19.8 Å². The van der Waals surface area contributed by atoms with Crippen molar-refractivity contribution in [1.29, 1.82) is 0 Å². The minimum absolute atomic E-state index is 0.0667. The fourth-order valence-corrected chi connectivity index (χ4v) is 2.84. The van der Waals surface area contributed by atoms with Crippen LogP contribution in [0.15, 0.2) is 18.7 Å². The molecule has 0 bridgehead atoms. The van der Waals surface area contributed by atoms with Gasteiger partial charge in [-0.2, -0.15) is 0 Å². The Hall–Kier alpha value is -1.56. The van der Waals surface area contributed by atoms with Crippen LogP contribution in [0.2, 0.25) is 0 Å². The molecule has 2 amide bonds. The van der Waals surface area contributed by atoms with Crippen LogP contribution in [0.3, 0.4) is 0 Å². The van der Waals surface area contributed by atoms with Crippen LogP contribution in [0.4, 0.5) is 4.79 Å². The molecule has 6 nitrogen and oxygen atoms in total. The number of ether oxygens (including phenoxy) is 1. The number of imidazole rings is 1. The number of amides is 2. The number of nitrogens with one attached hydrogen (secondary N) is 1. The largest absolute Gasteiger partial charge is 0.381 e. The van der Waals surface area contributed by atoms with Crippen LogP contribution in [-0.2, 0) is 11.3 Å². The second kappa shape index (κ2) is 6.47. The number of carbonyl (C=O) groups is 1. The summed E-state index contributed by atoms with van der Waals surface area (Å²) < 4.78 is 7.40. The molecule has 116 valence electrons. The van der Waals surface area contributed by atoms with Crippen molar-refractivity contribution in [2.45, 2.75) is 44.8 Å². The van der Waals surface area contributed by atoms with E-state index in [-0.39, 0.29) is 12.1 Å². The Morgan fingerprint density at radius 1 is 1.52 bits per heavy atom. The van der Waals surface area contributed by atoms with E-state index < -0.39 is 0 Å². The number of hydrogen-bond acceptors (Lipinski definition) is 3. The van der Waals surface area contributed by atoms with Gasteiger partial charge in [0.1, 0.15) is 0 Å². The van der Waals surface area contributed by atoms with Gasteiger partial charge in [-0.1, -0.05) is 0 Å². The second-order valence-electron chi connectivity index (χ2n) is 6.22. The molecule has 1 aliphatic heterocycles. The summed E-state index contributed by atoms with van der Waals surface area (Å²) in [5, 5.41) is 3.11. The molecule has 2 aliphatic rings. The SMILES string of the molecule is C[C@H](Cn1ccnc1)NC(=O)N(C[C@@H]1CCOC1)C1CC1. The molecule has 1 N–H and O–H groups in total. The molecule has 2 atom stereocenters. The Balaban J connectivity index is 1.51. The number of aromatic nitrogens is 2. The van der Waals surface area contributed by atoms with Crippen LogP contribution in [-0.4, -0.2) is 52.3 Å². The zero-order valence-electron chi connectivity index (χ0n) is 12.6. The van der Waals surface area contributed by atoms with Crippen molar-refractivity contribution in [2.24, 2.45) is 5.92 Å². The minimum atomic E-state index is 0.0667. The summed E-state index contributed by atoms with van der Waals surface area (Å²) >= 11 is 0. The molecule has 2 heterocycles. The average Bonchev–Trinajstić information content (AvgIpc) is 2.94. The molecule has 0 spiro atoms. The van der Waals surface area contributed by atoms with E-state index in [0.717, 1.165) is 45.6 Å². The first kappa shape index (κ1) is 14.4. The molecule has 1 aromatic heterocycles. The maximum Gasteiger partial charge on any atom is 0.317 e. The maximum atomic E-state index is 12.5. The van der Waals surface area contributed by atoms with Gasteiger partial charge in [0, 0.05) is 50.1 Å². The van der Waals surface area contributed by atoms with Gasteiger partial charge in [-0.3, -0.25) is 0 Å². The van der Waals surface area contributed by atoms with Gasteiger partial charge >= 0.3 is 6.03 Å². The van der Waals surface area contributed by atoms with Crippen molar-refractivity contribution in [3.63, 3.8) is 0 Å². The lowest BCUT2D eigenvalue weighted by molar-refractivity contribution is 0.160. The first-order valence-corrected chi connectivity index (χ1v) is 7.83. The summed E-state index contributed by atoms with van der Waals surface area (Å²) in [6.07, 6.45) is 8.79. The van der Waals surface area contributed by atoms with E-state index in [2.05, 4.69) is 10.3 Å². The summed E-state index contributed by atoms with van der Waals surface area (Å²) in [6.45, 7) is 5.23. The lowest BCUT2D eigenvalue weighted by Crippen LogP contribution is -2.47. The van der Waals surface area contributed by atoms with Crippen molar-refractivity contribution < 1.29 is 9.53 Å². The quantitative estimate of drug-likeness (QED) is 0.864. The molecule has 3 rings (SSSR count). The van der Waals surface area contributed by atoms with Gasteiger partial charge < -0.3 is 19.5 Å². The fraction of sp³-hybridized carbons (Fsp3) is 0.733. The van der Waals surface area contributed by atoms with E-state index in [9.17, 15) is 4.79 Å². The van der Waals surface area contributed by atoms with Crippen molar-refractivity contribution >= 4 is 6.03 Å². The Labute approximate surface area is 125 Å². The third-order valence-electron chi connectivity index (χ3n) is 4.14. The summed E-state index contributed by atoms with van der Waals surface area (Å²) in [5.41, 5.74) is 0. The third-order valence-corrected chi connectivity index (χ3v) is 4.14. The van der Waals surface area contributed by atoms with Crippen LogP contribution in [0.1, 0.15) is 26.2 Å². The molecular weight excluding hydrogens is 268 g/mol. The summed E-state index contributed by atoms with van der Waals surface area (Å²) in [4.78, 5) is 18.5. The van der Waals surface area contributed by atoms with Gasteiger partial charge in [-0.25, -0.2) is 9.78 Å². The molecule has 2 fully saturated rings. The normalized spacial score (nSPS) is 23.0. The standard InChI is InChI=1S/C15H24N4O2/c1-12(8-18-6-5-16-11-18)17-15(20)19(14-2-3-14)9-13-4-7-21-10-13/h5-6,11-14H,2-4,7-10H2,1H3,(H,17,20)/t12-,13+/m1/s1. The molecule has 0 unspecified atom stereocenters. The highest BCUT2D eigenvalue weighted by atomic mass is 16.5. The van der Waals surface area contributed by atoms with Crippen LogP contribution in [0.25, 0.3) is 0 Å². The smallest absolute Gasteiger partial charge is 0.317 e. The molecule has 1 saturated carbocycles. The van der Waals surface area contributed by atoms with Crippen molar-refractivity contribution in [1.82, 2.24) is 19.8 Å². The average molecular weight is 292 g/mol. The predicted molar refractivity (Wildman–Crippen MR) is 78.9 cm³/mol. The Bertz CT molecular complexity index is 452. The van der Waals surface area contributed by atoms with Crippen LogP contribution < -0.4 is 5.32 Å². The van der Waals surface area contributed by atoms with E-state index in [1.54, 1.807) is 12.5 Å². The molecule has 1 aromatic rings. The summed E-state index contributed by atoms with van der Waals surface area (Å²) in [6, 6.07) is 0.593. The van der Waals surface area contributed by atoms with Gasteiger partial charge in [0.15, 0.2) is 0 Å². The van der Waals surface area contributed by atoms with Crippen LogP contribution >= 0.6 is 0 Å². The van der Waals surface area contributed by atoms with Gasteiger partial charge in [0.05, 0.1) is 12.9 Å². The second-order valence-corrected chi connectivity index (χ2v) is 6.22. The van der Waals surface area contributed by atoms with Crippen molar-refractivity contribution in [3.05, 3.63) is 18.7 Å². The topological polar surface area (TPSA) is 59.4 Å². The monoisotopic (exact) mass is 292 g/mol. The molecule has 1 aliphatic carbocycles. The fourth-order valence-electron chi connectivity index (χ4n) is 2.84. The van der Waals surface area contributed by atoms with Crippen molar-refractivity contribution in [3.8, 4) is 0 Å². The molecule has 1 saturated heterocycles. The highest BCUT2D eigenvalue weighted by molar-refractivity contribution is 5.75. The zero-order chi connectivity index (χ0) is 14.7. The molecule has 21 heavy (non-hydrogen) atoms. The molecule has 6 heteroatoms. The molecular formula is C15H24N4O2. The van der Waals surface area contributed by atoms with Gasteiger partial charge in [-0.15, -0.1) is 0 Å². The summed E-state index contributed by atoms with van der Waals surface area (Å²) in [7, 11) is 0. The van der Waals surface area contributed by atoms with Gasteiger partial charge in [-0.05, 0) is 26.2 Å².